The molecule has 0 spiro atoms. The van der Waals surface area contributed by atoms with E-state index in [1.807, 2.05) is 0 Å². The second-order valence-electron chi connectivity index (χ2n) is 4.43. The van der Waals surface area contributed by atoms with E-state index >= 15 is 0 Å². The molecule has 5 nitrogen and oxygen atoms in total. The van der Waals surface area contributed by atoms with Crippen LogP contribution in [0, 0.1) is 0 Å². The Balaban J connectivity index is 1.90. The van der Waals surface area contributed by atoms with Crippen molar-refractivity contribution in [2.45, 2.75) is 18.7 Å². The van der Waals surface area contributed by atoms with Crippen LogP contribution in [-0.4, -0.2) is 28.8 Å². The summed E-state index contributed by atoms with van der Waals surface area (Å²) in [6, 6.07) is 2.01. The summed E-state index contributed by atoms with van der Waals surface area (Å²) in [5.74, 6) is -0.621. The minimum Gasteiger partial charge on any atom is -0.480 e. The Bertz CT molecular complexity index is 593. The molecule has 1 unspecified atom stereocenters. The average Bonchev–Trinajstić information content (AvgIpc) is 2.46. The Kier molecular flexibility index (Phi) is 4.81. The number of hydrogen-bond donors (Lipinski definition) is 1. The Hall–Kier alpha value is -2.35. The summed E-state index contributed by atoms with van der Waals surface area (Å²) in [5.41, 5.74) is -0.852. The van der Waals surface area contributed by atoms with Crippen molar-refractivity contribution in [2.75, 3.05) is 6.61 Å². The number of hydrogen-bond acceptors (Lipinski definition) is 4. The number of pyridine rings is 1. The monoisotopic (exact) mass is 315 g/mol. The Morgan fingerprint density at radius 1 is 1.41 bits per heavy atom. The fourth-order valence-electron chi connectivity index (χ4n) is 1.69. The van der Waals surface area contributed by atoms with Crippen LogP contribution in [0.25, 0.3) is 0 Å². The van der Waals surface area contributed by atoms with Crippen LogP contribution < -0.4 is 4.74 Å². The number of allylic oxidation sites excluding steroid dienone is 1. The molecule has 1 atom stereocenters. The van der Waals surface area contributed by atoms with Gasteiger partial charge >= 0.3 is 12.1 Å². The third-order valence-electron chi connectivity index (χ3n) is 2.73. The van der Waals surface area contributed by atoms with E-state index in [4.69, 9.17) is 14.6 Å². The van der Waals surface area contributed by atoms with Gasteiger partial charge in [0.05, 0.1) is 11.7 Å². The van der Waals surface area contributed by atoms with Gasteiger partial charge in [-0.3, -0.25) is 0 Å². The number of carboxylic acids is 1. The van der Waals surface area contributed by atoms with Crippen LogP contribution in [-0.2, 0) is 15.7 Å². The van der Waals surface area contributed by atoms with Gasteiger partial charge in [-0.25, -0.2) is 9.78 Å². The maximum Gasteiger partial charge on any atom is 0.417 e. The van der Waals surface area contributed by atoms with E-state index in [9.17, 15) is 18.0 Å². The van der Waals surface area contributed by atoms with Crippen LogP contribution in [0.3, 0.4) is 0 Å². The van der Waals surface area contributed by atoms with Crippen LogP contribution >= 0.6 is 0 Å². The van der Waals surface area contributed by atoms with Gasteiger partial charge in [0, 0.05) is 12.3 Å². The number of carboxylic acid groups (broad SMARTS) is 1. The first-order valence-corrected chi connectivity index (χ1v) is 6.27. The number of alkyl halides is 3. The lowest BCUT2D eigenvalue weighted by molar-refractivity contribution is -0.143. The number of aliphatic carboxylic acids is 1. The average molecular weight is 315 g/mol. The SMILES string of the molecule is O=C(O)COC1C=CC(Oc2ccc(C(F)(F)F)cn2)=CC1. The molecular formula is C14H12F3NO4. The van der Waals surface area contributed by atoms with Gasteiger partial charge < -0.3 is 14.6 Å². The van der Waals surface area contributed by atoms with Gasteiger partial charge in [-0.05, 0) is 24.6 Å². The number of ether oxygens (including phenoxy) is 2. The predicted molar refractivity (Wildman–Crippen MR) is 69.1 cm³/mol. The summed E-state index contributed by atoms with van der Waals surface area (Å²) >= 11 is 0. The highest BCUT2D eigenvalue weighted by Crippen LogP contribution is 2.29. The minimum atomic E-state index is -4.44. The third-order valence-corrected chi connectivity index (χ3v) is 2.73. The van der Waals surface area contributed by atoms with Gasteiger partial charge in [-0.1, -0.05) is 6.08 Å². The molecule has 0 aliphatic heterocycles. The van der Waals surface area contributed by atoms with Gasteiger partial charge in [0.1, 0.15) is 12.4 Å². The maximum absolute atomic E-state index is 12.4. The van der Waals surface area contributed by atoms with Crippen molar-refractivity contribution in [2.24, 2.45) is 0 Å². The molecule has 1 aliphatic rings. The molecule has 2 rings (SSSR count). The molecule has 22 heavy (non-hydrogen) atoms. The zero-order valence-electron chi connectivity index (χ0n) is 11.2. The third kappa shape index (κ3) is 4.59. The van der Waals surface area contributed by atoms with Crippen LogP contribution in [0.4, 0.5) is 13.2 Å². The largest absolute Gasteiger partial charge is 0.480 e. The number of halogens is 3. The van der Waals surface area contributed by atoms with Gasteiger partial charge in [0.2, 0.25) is 5.88 Å². The second kappa shape index (κ2) is 6.61. The molecule has 0 radical (unpaired) electrons. The van der Waals surface area contributed by atoms with E-state index in [1.165, 1.54) is 0 Å². The molecule has 8 heteroatoms. The van der Waals surface area contributed by atoms with Crippen molar-refractivity contribution < 1.29 is 32.5 Å². The van der Waals surface area contributed by atoms with E-state index < -0.39 is 24.3 Å². The topological polar surface area (TPSA) is 68.7 Å². The molecular weight excluding hydrogens is 303 g/mol. The molecule has 0 amide bonds. The lowest BCUT2D eigenvalue weighted by Gasteiger charge is -2.16. The fraction of sp³-hybridized carbons (Fsp3) is 0.286. The molecule has 1 N–H and O–H groups in total. The van der Waals surface area contributed by atoms with Crippen molar-refractivity contribution in [1.29, 1.82) is 0 Å². The highest BCUT2D eigenvalue weighted by molar-refractivity contribution is 5.68. The Morgan fingerprint density at radius 3 is 2.68 bits per heavy atom. The van der Waals surface area contributed by atoms with Crippen LogP contribution in [0.15, 0.2) is 42.3 Å². The summed E-state index contributed by atoms with van der Waals surface area (Å²) < 4.78 is 47.6. The molecule has 0 saturated heterocycles. The van der Waals surface area contributed by atoms with Gasteiger partial charge in [-0.2, -0.15) is 13.2 Å². The zero-order valence-corrected chi connectivity index (χ0v) is 11.2. The van der Waals surface area contributed by atoms with Crippen molar-refractivity contribution >= 4 is 5.97 Å². The number of carbonyl (C=O) groups is 1. The first-order valence-electron chi connectivity index (χ1n) is 6.27. The first kappa shape index (κ1) is 16.0. The van der Waals surface area contributed by atoms with Gasteiger partial charge in [0.15, 0.2) is 0 Å². The van der Waals surface area contributed by atoms with E-state index in [2.05, 4.69) is 4.98 Å². The maximum atomic E-state index is 12.4. The molecule has 0 aromatic carbocycles. The van der Waals surface area contributed by atoms with Crippen molar-refractivity contribution in [3.05, 3.63) is 47.9 Å². The highest BCUT2D eigenvalue weighted by Gasteiger charge is 2.30. The second-order valence-corrected chi connectivity index (χ2v) is 4.43. The zero-order chi connectivity index (χ0) is 16.2. The van der Waals surface area contributed by atoms with Crippen LogP contribution in [0.1, 0.15) is 12.0 Å². The summed E-state index contributed by atoms with van der Waals surface area (Å²) in [7, 11) is 0. The summed E-state index contributed by atoms with van der Waals surface area (Å²) in [4.78, 5) is 14.0. The van der Waals surface area contributed by atoms with Crippen molar-refractivity contribution in [1.82, 2.24) is 4.98 Å². The lowest BCUT2D eigenvalue weighted by Crippen LogP contribution is -2.17. The smallest absolute Gasteiger partial charge is 0.417 e. The van der Waals surface area contributed by atoms with Gasteiger partial charge in [0.25, 0.3) is 0 Å². The first-order chi connectivity index (χ1) is 10.3. The molecule has 1 heterocycles. The fourth-order valence-corrected chi connectivity index (χ4v) is 1.69. The molecule has 1 aromatic heterocycles. The molecule has 0 fully saturated rings. The van der Waals surface area contributed by atoms with Crippen molar-refractivity contribution in [3.8, 4) is 5.88 Å². The lowest BCUT2D eigenvalue weighted by atomic mass is 10.1. The Morgan fingerprint density at radius 2 is 2.18 bits per heavy atom. The van der Waals surface area contributed by atoms with Gasteiger partial charge in [-0.15, -0.1) is 0 Å². The Labute approximate surface area is 123 Å². The summed E-state index contributed by atoms with van der Waals surface area (Å²) in [6.07, 6.45) is 1.10. The predicted octanol–water partition coefficient (Wildman–Crippen LogP) is 2.79. The number of rotatable bonds is 5. The molecule has 1 aromatic rings. The molecule has 1 aliphatic carbocycles. The van der Waals surface area contributed by atoms with E-state index in [1.54, 1.807) is 18.2 Å². The highest BCUT2D eigenvalue weighted by atomic mass is 19.4. The molecule has 118 valence electrons. The normalized spacial score (nSPS) is 18.0. The molecule has 0 bridgehead atoms. The quantitative estimate of drug-likeness (QED) is 0.905. The van der Waals surface area contributed by atoms with Crippen LogP contribution in [0.5, 0.6) is 5.88 Å². The number of aromatic nitrogens is 1. The standard InChI is InChI=1S/C14H12F3NO4/c15-14(16,17)9-1-6-12(18-7-9)22-11-4-2-10(3-5-11)21-8-13(19)20/h1-2,4-7,10H,3,8H2,(H,19,20). The van der Waals surface area contributed by atoms with E-state index in [0.717, 1.165) is 12.1 Å². The number of nitrogens with zero attached hydrogens (tertiary/aromatic N) is 1. The van der Waals surface area contributed by atoms with E-state index in [0.29, 0.717) is 18.4 Å². The minimum absolute atomic E-state index is 0.0359. The van der Waals surface area contributed by atoms with Crippen LogP contribution in [0.2, 0.25) is 0 Å². The van der Waals surface area contributed by atoms with Crippen molar-refractivity contribution in [3.63, 3.8) is 0 Å². The summed E-state index contributed by atoms with van der Waals surface area (Å²) in [5, 5.41) is 8.49. The van der Waals surface area contributed by atoms with E-state index in [-0.39, 0.29) is 12.0 Å². The summed E-state index contributed by atoms with van der Waals surface area (Å²) in [6.45, 7) is -0.403. The molecule has 0 saturated carbocycles.